The lowest BCUT2D eigenvalue weighted by atomic mass is 10.1. The summed E-state index contributed by atoms with van der Waals surface area (Å²) in [5, 5.41) is 55.5. The topological polar surface area (TPSA) is 641 Å². The van der Waals surface area contributed by atoms with E-state index in [-0.39, 0.29) is 28.1 Å². The Hall–Kier alpha value is -6.06. The van der Waals surface area contributed by atoms with Crippen molar-refractivity contribution in [2.45, 2.75) is 98.2 Å². The summed E-state index contributed by atoms with van der Waals surface area (Å²) >= 11 is 0. The van der Waals surface area contributed by atoms with Gasteiger partial charge in [-0.2, -0.15) is 4.98 Å². The molecule has 0 aromatic carbocycles. The minimum absolute atomic E-state index is 0.0556. The Kier molecular flexibility index (Phi) is 17.7. The summed E-state index contributed by atoms with van der Waals surface area (Å²) in [6, 6.07) is 1.67. The summed E-state index contributed by atoms with van der Waals surface area (Å²) in [6.07, 6.45) is -27.3. The number of hydrogen-bond donors (Lipinski definition) is 15. The number of H-pyrrole nitrogens is 3. The lowest BCUT2D eigenvalue weighted by molar-refractivity contribution is -0.0644. The van der Waals surface area contributed by atoms with Gasteiger partial charge in [-0.05, 0) is 0 Å². The smallest absolute Gasteiger partial charge is 0.394 e. The highest BCUT2D eigenvalue weighted by molar-refractivity contribution is 7.48. The van der Waals surface area contributed by atoms with Crippen LogP contribution in [0.1, 0.15) is 24.9 Å². The van der Waals surface area contributed by atoms with Crippen LogP contribution in [0, 0.1) is 0 Å². The van der Waals surface area contributed by atoms with Crippen molar-refractivity contribution in [2.75, 3.05) is 37.9 Å². The molecule has 4 aliphatic rings. The van der Waals surface area contributed by atoms with Crippen molar-refractivity contribution < 1.29 is 119 Å². The quantitative estimate of drug-likeness (QED) is 0.0281. The van der Waals surface area contributed by atoms with Gasteiger partial charge in [-0.25, -0.2) is 47.8 Å². The number of nitrogen functional groups attached to an aromatic ring is 2. The molecule has 0 saturated carbocycles. The standard InChI is InChI=1S/C38H48N14O30P4/c39-28-18-29(42-9-41-28)51(10-43-18)34-23(59)27(82-85(68,69)72-6-13-25(79-83(63,64)65)21(57)35(77-13)52-11-44-19-30(52)47-36(40)48-31(19)60)15(78-34)8-74-86(70,71)81-26-14(76-33(22(26)58)50-4-2-17(55)46-38(50)62)7-73-84(66,67)80-24-12(5-53)75-32(20(24)56)49-3-1-16(54)45-37(49)61/h1-4,9-15,20-27,32-35,53,56-59H,5-8H2,(H,66,67)(H,68,69)(H,70,71)(H2,39,41,42)(H,45,54,61)(H,46,55,62)(H2,63,64,65)(H3,40,47,48,60)/t12-,13-,14-,15-,20-,21-,22-,23-,24-,25-,26-,27-,32-,33-,34-,35-/m1/s1. The number of rotatable bonds is 22. The minimum atomic E-state index is -5.81. The fraction of sp³-hybridized carbons (Fsp3) is 0.526. The number of aromatic amines is 3. The molecule has 0 radical (unpaired) electrons. The molecule has 19 atom stereocenters. The fourth-order valence-corrected chi connectivity index (χ4v) is 13.0. The Morgan fingerprint density at radius 1 is 0.523 bits per heavy atom. The first-order valence-corrected chi connectivity index (χ1v) is 30.4. The second-order valence-corrected chi connectivity index (χ2v) is 24.3. The molecule has 0 spiro atoms. The van der Waals surface area contributed by atoms with E-state index < -0.39 is 190 Å². The number of imidazole rings is 2. The molecule has 0 aliphatic carbocycles. The highest BCUT2D eigenvalue weighted by Crippen LogP contribution is 2.54. The van der Waals surface area contributed by atoms with E-state index >= 15 is 0 Å². The minimum Gasteiger partial charge on any atom is -0.394 e. The third-order valence-electron chi connectivity index (χ3n) is 13.3. The number of nitrogens with zero attached hydrogens (tertiary/aromatic N) is 9. The molecule has 48 heteroatoms. The average molecular weight is 1300 g/mol. The first kappa shape index (κ1) is 63.0. The molecule has 10 heterocycles. The maximum atomic E-state index is 14.0. The number of aliphatic hydroxyl groups is 5. The van der Waals surface area contributed by atoms with Crippen LogP contribution in [0.3, 0.4) is 0 Å². The van der Waals surface area contributed by atoms with Crippen molar-refractivity contribution in [3.05, 3.63) is 95.5 Å². The van der Waals surface area contributed by atoms with E-state index in [1.54, 1.807) is 0 Å². The van der Waals surface area contributed by atoms with Crippen molar-refractivity contribution in [1.29, 1.82) is 0 Å². The van der Waals surface area contributed by atoms with E-state index in [1.807, 2.05) is 9.97 Å². The summed E-state index contributed by atoms with van der Waals surface area (Å²) in [7, 11) is -22.6. The number of phosphoric acid groups is 4. The number of phosphoric ester groups is 4. The molecule has 4 fully saturated rings. The van der Waals surface area contributed by atoms with Gasteiger partial charge in [0.25, 0.3) is 16.7 Å². The summed E-state index contributed by atoms with van der Waals surface area (Å²) in [5.74, 6) is -0.592. The van der Waals surface area contributed by atoms with Gasteiger partial charge in [0.05, 0.1) is 39.1 Å². The van der Waals surface area contributed by atoms with E-state index in [0.717, 1.165) is 52.6 Å². The van der Waals surface area contributed by atoms with Crippen molar-refractivity contribution in [3.8, 4) is 0 Å². The van der Waals surface area contributed by atoms with Crippen LogP contribution in [0.2, 0.25) is 0 Å². The van der Waals surface area contributed by atoms with Crippen molar-refractivity contribution >= 4 is 65.4 Å². The number of anilines is 2. The van der Waals surface area contributed by atoms with Gasteiger partial charge in [0.2, 0.25) is 5.95 Å². The zero-order valence-corrected chi connectivity index (χ0v) is 46.3. The second kappa shape index (κ2) is 24.1. The molecule has 470 valence electrons. The van der Waals surface area contributed by atoms with E-state index in [2.05, 4.69) is 29.9 Å². The van der Waals surface area contributed by atoms with Crippen LogP contribution >= 0.6 is 31.3 Å². The molecule has 86 heavy (non-hydrogen) atoms. The van der Waals surface area contributed by atoms with Crippen LogP contribution < -0.4 is 39.5 Å². The van der Waals surface area contributed by atoms with E-state index in [1.165, 1.54) is 0 Å². The number of hydrogen-bond acceptors (Lipinski definition) is 32. The van der Waals surface area contributed by atoms with Crippen LogP contribution in [-0.4, -0.2) is 208 Å². The molecular formula is C38H48N14O30P4. The predicted octanol–water partition coefficient (Wildman–Crippen LogP) is -6.77. The SMILES string of the molecule is Nc1nc2c(ncn2[C@@H]2O[C@H](COP(=O)(O)O[C@H]3[C@@H](O)[C@H](n4cnc5c(N)ncnc54)O[C@@H]3COP(=O)(O)O[C@H]3[C@@H](O)[C@H](n4ccc(=O)[nH]c4=O)O[C@@H]3COP(=O)(O)O[C@H]3[C@@H](O)[C@H](n4ccc(=O)[nH]c4=O)O[C@@H]3CO)[C@@H](OP(=O)(O)O)[C@H]2O)c(=O)[nH]1. The number of nitrogens with two attached hydrogens (primary N) is 2. The van der Waals surface area contributed by atoms with Gasteiger partial charge in [0.15, 0.2) is 47.5 Å². The van der Waals surface area contributed by atoms with Crippen molar-refractivity contribution in [3.63, 3.8) is 0 Å². The number of nitrogens with one attached hydrogen (secondary N) is 3. The lowest BCUT2D eigenvalue weighted by Crippen LogP contribution is -2.39. The molecule has 17 N–H and O–H groups in total. The fourth-order valence-electron chi connectivity index (χ4n) is 9.52. The molecule has 3 unspecified atom stereocenters. The molecule has 0 bridgehead atoms. The second-order valence-electron chi connectivity index (χ2n) is 18.9. The zero-order chi connectivity index (χ0) is 62.1. The van der Waals surface area contributed by atoms with Crippen LogP contribution in [0.25, 0.3) is 22.3 Å². The van der Waals surface area contributed by atoms with E-state index in [9.17, 15) is 92.2 Å². The third-order valence-corrected chi connectivity index (χ3v) is 16.8. The predicted molar refractivity (Wildman–Crippen MR) is 271 cm³/mol. The molecular weight excluding hydrogens is 1260 g/mol. The van der Waals surface area contributed by atoms with Gasteiger partial charge in [-0.15, -0.1) is 0 Å². The van der Waals surface area contributed by atoms with Gasteiger partial charge in [-0.1, -0.05) is 0 Å². The molecule has 4 aliphatic heterocycles. The van der Waals surface area contributed by atoms with Crippen molar-refractivity contribution in [2.24, 2.45) is 0 Å². The van der Waals surface area contributed by atoms with Crippen LogP contribution in [-0.2, 0) is 68.9 Å². The monoisotopic (exact) mass is 1300 g/mol. The van der Waals surface area contributed by atoms with Gasteiger partial charge >= 0.3 is 42.7 Å². The van der Waals surface area contributed by atoms with Gasteiger partial charge in [0, 0.05) is 24.5 Å². The Morgan fingerprint density at radius 3 is 1.35 bits per heavy atom. The van der Waals surface area contributed by atoms with Crippen molar-refractivity contribution in [1.82, 2.24) is 58.1 Å². The van der Waals surface area contributed by atoms with Crippen LogP contribution in [0.4, 0.5) is 11.8 Å². The van der Waals surface area contributed by atoms with Gasteiger partial charge < -0.3 is 80.4 Å². The Morgan fingerprint density at radius 2 is 0.919 bits per heavy atom. The molecule has 44 nitrogen and oxygen atoms in total. The molecule has 6 aromatic rings. The summed E-state index contributed by atoms with van der Waals surface area (Å²) < 4.78 is 115. The summed E-state index contributed by atoms with van der Waals surface area (Å²) in [5.41, 5.74) is 5.85. The maximum absolute atomic E-state index is 14.0. The summed E-state index contributed by atoms with van der Waals surface area (Å²) in [6.45, 7) is -4.85. The largest absolute Gasteiger partial charge is 0.472 e. The number of fused-ring (bicyclic) bond motifs is 2. The van der Waals surface area contributed by atoms with Gasteiger partial charge in [-0.3, -0.25) is 79.3 Å². The first-order chi connectivity index (χ1) is 40.4. The Labute approximate surface area is 473 Å². The highest BCUT2D eigenvalue weighted by atomic mass is 31.2. The number of aromatic nitrogens is 12. The number of aliphatic hydroxyl groups excluding tert-OH is 5. The Bertz CT molecular complexity index is 4020. The molecule has 4 saturated heterocycles. The zero-order valence-electron chi connectivity index (χ0n) is 42.7. The normalized spacial score (nSPS) is 31.8. The maximum Gasteiger partial charge on any atom is 0.472 e. The van der Waals surface area contributed by atoms with E-state index in [4.69, 9.17) is 62.1 Å². The molecule has 6 aromatic heterocycles. The molecule has 0 amide bonds. The Balaban J connectivity index is 0.873. The lowest BCUT2D eigenvalue weighted by Gasteiger charge is -2.26. The highest BCUT2D eigenvalue weighted by Gasteiger charge is 2.55. The number of ether oxygens (including phenoxy) is 4. The average Bonchev–Trinajstić information content (AvgIpc) is 1.75. The van der Waals surface area contributed by atoms with Crippen LogP contribution in [0.5, 0.6) is 0 Å². The van der Waals surface area contributed by atoms with Crippen LogP contribution in [0.15, 0.2) is 67.5 Å². The third kappa shape index (κ3) is 13.1. The summed E-state index contributed by atoms with van der Waals surface area (Å²) in [4.78, 5) is 140. The molecule has 10 rings (SSSR count). The first-order valence-electron chi connectivity index (χ1n) is 24.4. The van der Waals surface area contributed by atoms with Gasteiger partial charge in [0.1, 0.15) is 85.1 Å². The van der Waals surface area contributed by atoms with E-state index in [0.29, 0.717) is 9.13 Å².